The molecule has 134 valence electrons. The Kier molecular flexibility index (Phi) is 10.7. The van der Waals surface area contributed by atoms with Crippen molar-refractivity contribution in [1.29, 1.82) is 0 Å². The molecule has 2 unspecified atom stereocenters. The molecule has 0 spiro atoms. The molecule has 5 nitrogen and oxygen atoms in total. The van der Waals surface area contributed by atoms with E-state index in [9.17, 15) is 9.59 Å². The van der Waals surface area contributed by atoms with Crippen molar-refractivity contribution >= 4 is 11.8 Å². The van der Waals surface area contributed by atoms with Crippen LogP contribution >= 0.6 is 0 Å². The molecule has 0 bridgehead atoms. The highest BCUT2D eigenvalue weighted by atomic mass is 16.2. The molecule has 4 N–H and O–H groups in total. The maximum absolute atomic E-state index is 12.1. The van der Waals surface area contributed by atoms with Gasteiger partial charge in [0.2, 0.25) is 11.8 Å². The lowest BCUT2D eigenvalue weighted by atomic mass is 9.94. The number of carbonyl (C=O) groups excluding carboxylic acids is 2. The van der Waals surface area contributed by atoms with Crippen molar-refractivity contribution in [3.05, 3.63) is 0 Å². The highest BCUT2D eigenvalue weighted by Crippen LogP contribution is 2.16. The zero-order valence-electron chi connectivity index (χ0n) is 14.7. The molecule has 0 aliphatic carbocycles. The smallest absolute Gasteiger partial charge is 0.225 e. The number of rotatable bonds is 13. The summed E-state index contributed by atoms with van der Waals surface area (Å²) in [6.07, 6.45) is 12.9. The number of hydrogen-bond donors (Lipinski definition) is 3. The van der Waals surface area contributed by atoms with Crippen LogP contribution < -0.4 is 16.4 Å². The van der Waals surface area contributed by atoms with Crippen LogP contribution in [0.15, 0.2) is 0 Å². The Balaban J connectivity index is 1.94. The summed E-state index contributed by atoms with van der Waals surface area (Å²) >= 11 is 0. The predicted octanol–water partition coefficient (Wildman–Crippen LogP) is 2.34. The van der Waals surface area contributed by atoms with Crippen LogP contribution in [0.2, 0.25) is 0 Å². The summed E-state index contributed by atoms with van der Waals surface area (Å²) in [6, 6.07) is 0. The first-order valence-electron chi connectivity index (χ1n) is 9.44. The number of unbranched alkanes of at least 4 members (excludes halogenated alkanes) is 9. The summed E-state index contributed by atoms with van der Waals surface area (Å²) in [6.45, 7) is 4.02. The number of nitrogens with two attached hydrogens (primary N) is 1. The van der Waals surface area contributed by atoms with E-state index in [2.05, 4.69) is 17.6 Å². The summed E-state index contributed by atoms with van der Waals surface area (Å²) in [7, 11) is 0. The molecule has 0 saturated carbocycles. The van der Waals surface area contributed by atoms with Gasteiger partial charge in [0, 0.05) is 19.6 Å². The lowest BCUT2D eigenvalue weighted by molar-refractivity contribution is -0.131. The standard InChI is InChI=1S/C18H35N3O2/c1-2-3-4-5-6-7-8-9-10-11-12-21-18(23)16-14-20-13-15(16)17(19)22/h15-16,20H,2-14H2,1H3,(H2,19,22)(H,21,23). The number of nitrogens with one attached hydrogen (secondary N) is 2. The van der Waals surface area contributed by atoms with E-state index in [1.165, 1.54) is 51.4 Å². The van der Waals surface area contributed by atoms with Gasteiger partial charge in [-0.3, -0.25) is 9.59 Å². The van der Waals surface area contributed by atoms with Gasteiger partial charge in [0.05, 0.1) is 11.8 Å². The van der Waals surface area contributed by atoms with Gasteiger partial charge in [-0.1, -0.05) is 64.7 Å². The first-order valence-corrected chi connectivity index (χ1v) is 9.44. The Morgan fingerprint density at radius 2 is 1.43 bits per heavy atom. The molecule has 0 radical (unpaired) electrons. The molecule has 1 aliphatic heterocycles. The third-order valence-corrected chi connectivity index (χ3v) is 4.75. The van der Waals surface area contributed by atoms with E-state index in [-0.39, 0.29) is 23.7 Å². The Morgan fingerprint density at radius 3 is 2.00 bits per heavy atom. The van der Waals surface area contributed by atoms with Gasteiger partial charge < -0.3 is 16.4 Å². The van der Waals surface area contributed by atoms with Gasteiger partial charge in [0.1, 0.15) is 0 Å². The average molecular weight is 325 g/mol. The fraction of sp³-hybridized carbons (Fsp3) is 0.889. The molecule has 0 aromatic rings. The average Bonchev–Trinajstić information content (AvgIpc) is 3.02. The summed E-state index contributed by atoms with van der Waals surface area (Å²) in [4.78, 5) is 23.3. The molecule has 1 saturated heterocycles. The van der Waals surface area contributed by atoms with E-state index in [0.717, 1.165) is 12.8 Å². The molecule has 2 amide bonds. The highest BCUT2D eigenvalue weighted by Gasteiger charge is 2.36. The number of hydrogen-bond acceptors (Lipinski definition) is 3. The molecule has 1 heterocycles. The summed E-state index contributed by atoms with van der Waals surface area (Å²) in [5, 5.41) is 6.01. The summed E-state index contributed by atoms with van der Waals surface area (Å²) in [5.74, 6) is -1.07. The monoisotopic (exact) mass is 325 g/mol. The minimum Gasteiger partial charge on any atom is -0.369 e. The van der Waals surface area contributed by atoms with Gasteiger partial charge in [-0.05, 0) is 6.42 Å². The topological polar surface area (TPSA) is 84.2 Å². The van der Waals surface area contributed by atoms with Crippen molar-refractivity contribution in [3.63, 3.8) is 0 Å². The maximum atomic E-state index is 12.1. The lowest BCUT2D eigenvalue weighted by Gasteiger charge is -2.15. The van der Waals surface area contributed by atoms with Crippen LogP contribution in [0.4, 0.5) is 0 Å². The minimum absolute atomic E-state index is 0.0327. The number of amides is 2. The van der Waals surface area contributed by atoms with Crippen LogP contribution in [0.3, 0.4) is 0 Å². The summed E-state index contributed by atoms with van der Waals surface area (Å²) in [5.41, 5.74) is 5.33. The van der Waals surface area contributed by atoms with Gasteiger partial charge in [-0.2, -0.15) is 0 Å². The van der Waals surface area contributed by atoms with Crippen molar-refractivity contribution in [2.75, 3.05) is 19.6 Å². The largest absolute Gasteiger partial charge is 0.369 e. The Morgan fingerprint density at radius 1 is 0.913 bits per heavy atom. The SMILES string of the molecule is CCCCCCCCCCCCNC(=O)C1CNCC1C(N)=O. The molecule has 2 atom stereocenters. The minimum atomic E-state index is -0.380. The molecule has 0 aromatic heterocycles. The fourth-order valence-corrected chi connectivity index (χ4v) is 3.21. The summed E-state index contributed by atoms with van der Waals surface area (Å²) < 4.78 is 0. The van der Waals surface area contributed by atoms with E-state index in [4.69, 9.17) is 5.73 Å². The van der Waals surface area contributed by atoms with E-state index in [0.29, 0.717) is 19.6 Å². The Hall–Kier alpha value is -1.10. The second-order valence-corrected chi connectivity index (χ2v) is 6.75. The third-order valence-electron chi connectivity index (χ3n) is 4.75. The van der Waals surface area contributed by atoms with Crippen LogP contribution in [0.5, 0.6) is 0 Å². The van der Waals surface area contributed by atoms with Crippen molar-refractivity contribution in [1.82, 2.24) is 10.6 Å². The zero-order valence-corrected chi connectivity index (χ0v) is 14.7. The number of carbonyl (C=O) groups is 2. The first-order chi connectivity index (χ1) is 11.2. The van der Waals surface area contributed by atoms with Crippen LogP contribution in [-0.4, -0.2) is 31.4 Å². The van der Waals surface area contributed by atoms with Crippen molar-refractivity contribution in [2.24, 2.45) is 17.6 Å². The zero-order chi connectivity index (χ0) is 16.9. The van der Waals surface area contributed by atoms with Crippen molar-refractivity contribution in [3.8, 4) is 0 Å². The van der Waals surface area contributed by atoms with E-state index < -0.39 is 0 Å². The van der Waals surface area contributed by atoms with Crippen molar-refractivity contribution < 1.29 is 9.59 Å². The highest BCUT2D eigenvalue weighted by molar-refractivity contribution is 5.87. The molecular weight excluding hydrogens is 290 g/mol. The fourth-order valence-electron chi connectivity index (χ4n) is 3.21. The molecule has 1 rings (SSSR count). The van der Waals surface area contributed by atoms with E-state index >= 15 is 0 Å². The van der Waals surface area contributed by atoms with Gasteiger partial charge in [0.25, 0.3) is 0 Å². The quantitative estimate of drug-likeness (QED) is 0.454. The first kappa shape index (κ1) is 19.9. The van der Waals surface area contributed by atoms with Gasteiger partial charge in [-0.15, -0.1) is 0 Å². The molecule has 1 aliphatic rings. The van der Waals surface area contributed by atoms with Crippen LogP contribution in [0, 0.1) is 11.8 Å². The van der Waals surface area contributed by atoms with Gasteiger partial charge in [-0.25, -0.2) is 0 Å². The molecular formula is C18H35N3O2. The Labute approximate surface area is 141 Å². The molecule has 1 fully saturated rings. The number of primary amides is 1. The predicted molar refractivity (Wildman–Crippen MR) is 93.9 cm³/mol. The second-order valence-electron chi connectivity index (χ2n) is 6.75. The van der Waals surface area contributed by atoms with Crippen LogP contribution in [-0.2, 0) is 9.59 Å². The van der Waals surface area contributed by atoms with Crippen LogP contribution in [0.25, 0.3) is 0 Å². The van der Waals surface area contributed by atoms with Crippen molar-refractivity contribution in [2.45, 2.75) is 71.1 Å². The van der Waals surface area contributed by atoms with E-state index in [1.807, 2.05) is 0 Å². The normalized spacial score (nSPS) is 20.6. The molecule has 0 aromatic carbocycles. The van der Waals surface area contributed by atoms with E-state index in [1.54, 1.807) is 0 Å². The molecule has 23 heavy (non-hydrogen) atoms. The molecule has 5 heteroatoms. The van der Waals surface area contributed by atoms with Gasteiger partial charge >= 0.3 is 0 Å². The second kappa shape index (κ2) is 12.3. The van der Waals surface area contributed by atoms with Gasteiger partial charge in [0.15, 0.2) is 0 Å². The maximum Gasteiger partial charge on any atom is 0.225 e. The lowest BCUT2D eigenvalue weighted by Crippen LogP contribution is -2.39. The third kappa shape index (κ3) is 8.35. The Bertz CT molecular complexity index is 347. The van der Waals surface area contributed by atoms with Crippen LogP contribution in [0.1, 0.15) is 71.1 Å².